The summed E-state index contributed by atoms with van der Waals surface area (Å²) in [6, 6.07) is 5.31. The molecule has 0 bridgehead atoms. The van der Waals surface area contributed by atoms with Gasteiger partial charge in [-0.05, 0) is 26.0 Å². The van der Waals surface area contributed by atoms with Crippen LogP contribution in [0.5, 0.6) is 5.75 Å². The van der Waals surface area contributed by atoms with E-state index in [-0.39, 0.29) is 12.1 Å². The molecule has 1 aromatic rings. The van der Waals surface area contributed by atoms with E-state index >= 15 is 0 Å². The van der Waals surface area contributed by atoms with Crippen LogP contribution in [0.2, 0.25) is 0 Å². The highest BCUT2D eigenvalue weighted by atomic mass is 19.4. The number of nitrogens with one attached hydrogen (secondary N) is 1. The molecular weight excluding hydrogens is 261 g/mol. The van der Waals surface area contributed by atoms with Gasteiger partial charge >= 0.3 is 6.36 Å². The SMILES string of the molecule is CC(C)(N)CC(=O)Nc1ccccc1OC(F)(F)F. The van der Waals surface area contributed by atoms with Crippen molar-refractivity contribution in [2.75, 3.05) is 5.32 Å². The lowest BCUT2D eigenvalue weighted by Gasteiger charge is -2.19. The molecule has 0 aliphatic heterocycles. The van der Waals surface area contributed by atoms with Gasteiger partial charge in [-0.25, -0.2) is 0 Å². The summed E-state index contributed by atoms with van der Waals surface area (Å²) in [5, 5.41) is 2.35. The Morgan fingerprint density at radius 1 is 1.32 bits per heavy atom. The Bertz CT molecular complexity index is 453. The van der Waals surface area contributed by atoms with E-state index in [0.29, 0.717) is 0 Å². The third-order valence-electron chi connectivity index (χ3n) is 2.00. The summed E-state index contributed by atoms with van der Waals surface area (Å²) in [6.45, 7) is 3.29. The van der Waals surface area contributed by atoms with Crippen molar-refractivity contribution in [1.82, 2.24) is 0 Å². The Morgan fingerprint density at radius 3 is 2.42 bits per heavy atom. The quantitative estimate of drug-likeness (QED) is 0.888. The maximum Gasteiger partial charge on any atom is 0.573 e. The smallest absolute Gasteiger partial charge is 0.404 e. The number of carbonyl (C=O) groups excluding carboxylic acids is 1. The largest absolute Gasteiger partial charge is 0.573 e. The third-order valence-corrected chi connectivity index (χ3v) is 2.00. The second-order valence-corrected chi connectivity index (χ2v) is 4.76. The number of ether oxygens (including phenoxy) is 1. The van der Waals surface area contributed by atoms with Crippen LogP contribution in [0.4, 0.5) is 18.9 Å². The molecule has 1 aromatic carbocycles. The maximum absolute atomic E-state index is 12.2. The monoisotopic (exact) mass is 276 g/mol. The van der Waals surface area contributed by atoms with E-state index in [0.717, 1.165) is 6.07 Å². The lowest BCUT2D eigenvalue weighted by atomic mass is 10.0. The first kappa shape index (κ1) is 15.3. The highest BCUT2D eigenvalue weighted by molar-refractivity contribution is 5.92. The third kappa shape index (κ3) is 6.10. The van der Waals surface area contributed by atoms with Crippen LogP contribution in [0.25, 0.3) is 0 Å². The van der Waals surface area contributed by atoms with Gasteiger partial charge in [0.15, 0.2) is 5.75 Å². The van der Waals surface area contributed by atoms with Crippen LogP contribution in [-0.4, -0.2) is 17.8 Å². The summed E-state index contributed by atoms with van der Waals surface area (Å²) in [5.41, 5.74) is 4.86. The van der Waals surface area contributed by atoms with Gasteiger partial charge in [0.25, 0.3) is 0 Å². The van der Waals surface area contributed by atoms with E-state index in [4.69, 9.17) is 5.73 Å². The lowest BCUT2D eigenvalue weighted by molar-refractivity contribution is -0.274. The van der Waals surface area contributed by atoms with E-state index in [1.165, 1.54) is 18.2 Å². The van der Waals surface area contributed by atoms with E-state index < -0.39 is 23.6 Å². The van der Waals surface area contributed by atoms with E-state index in [2.05, 4.69) is 10.1 Å². The minimum absolute atomic E-state index is 0.0205. The molecule has 7 heteroatoms. The summed E-state index contributed by atoms with van der Waals surface area (Å²) in [5.74, 6) is -0.941. The maximum atomic E-state index is 12.2. The average molecular weight is 276 g/mol. The highest BCUT2D eigenvalue weighted by Gasteiger charge is 2.32. The van der Waals surface area contributed by atoms with Crippen molar-refractivity contribution in [3.8, 4) is 5.75 Å². The van der Waals surface area contributed by atoms with Gasteiger partial charge in [0.1, 0.15) is 0 Å². The molecule has 0 atom stereocenters. The molecule has 4 nitrogen and oxygen atoms in total. The topological polar surface area (TPSA) is 64.4 Å². The van der Waals surface area contributed by atoms with Crippen LogP contribution in [-0.2, 0) is 4.79 Å². The van der Waals surface area contributed by atoms with Crippen LogP contribution >= 0.6 is 0 Å². The van der Waals surface area contributed by atoms with Gasteiger partial charge in [-0.1, -0.05) is 12.1 Å². The summed E-state index contributed by atoms with van der Waals surface area (Å²) in [6.07, 6.45) is -4.83. The first-order valence-corrected chi connectivity index (χ1v) is 5.50. The van der Waals surface area contributed by atoms with Crippen molar-refractivity contribution in [1.29, 1.82) is 0 Å². The number of benzene rings is 1. The zero-order valence-electron chi connectivity index (χ0n) is 10.5. The predicted octanol–water partition coefficient (Wildman–Crippen LogP) is 2.65. The van der Waals surface area contributed by atoms with Gasteiger partial charge in [0, 0.05) is 12.0 Å². The molecule has 0 radical (unpaired) electrons. The van der Waals surface area contributed by atoms with Crippen molar-refractivity contribution >= 4 is 11.6 Å². The van der Waals surface area contributed by atoms with Crippen molar-refractivity contribution in [2.45, 2.75) is 32.2 Å². The van der Waals surface area contributed by atoms with Crippen LogP contribution in [0, 0.1) is 0 Å². The number of amides is 1. The number of carbonyl (C=O) groups is 1. The molecule has 106 valence electrons. The molecule has 0 unspecified atom stereocenters. The number of rotatable bonds is 4. The Labute approximate surface area is 108 Å². The van der Waals surface area contributed by atoms with Gasteiger partial charge in [0.2, 0.25) is 5.91 Å². The van der Waals surface area contributed by atoms with Crippen molar-refractivity contribution < 1.29 is 22.7 Å². The molecule has 0 aliphatic rings. The minimum Gasteiger partial charge on any atom is -0.404 e. The second-order valence-electron chi connectivity index (χ2n) is 4.76. The molecule has 19 heavy (non-hydrogen) atoms. The van der Waals surface area contributed by atoms with Gasteiger partial charge in [-0.2, -0.15) is 0 Å². The van der Waals surface area contributed by atoms with Crippen molar-refractivity contribution in [2.24, 2.45) is 5.73 Å². The van der Waals surface area contributed by atoms with Gasteiger partial charge in [-0.3, -0.25) is 4.79 Å². The number of alkyl halides is 3. The Kier molecular flexibility index (Phi) is 4.41. The highest BCUT2D eigenvalue weighted by Crippen LogP contribution is 2.30. The number of nitrogens with two attached hydrogens (primary N) is 1. The number of hydrogen-bond acceptors (Lipinski definition) is 3. The summed E-state index contributed by atoms with van der Waals surface area (Å²) < 4.78 is 40.3. The molecule has 0 saturated carbocycles. The first-order chi connectivity index (χ1) is 8.57. The Hall–Kier alpha value is -1.76. The zero-order valence-corrected chi connectivity index (χ0v) is 10.5. The zero-order chi connectivity index (χ0) is 14.7. The van der Waals surface area contributed by atoms with Gasteiger partial charge < -0.3 is 15.8 Å². The molecule has 0 aliphatic carbocycles. The summed E-state index contributed by atoms with van der Waals surface area (Å²) >= 11 is 0. The Balaban J connectivity index is 2.81. The van der Waals surface area contributed by atoms with Gasteiger partial charge in [0.05, 0.1) is 5.69 Å². The molecule has 0 spiro atoms. The van der Waals surface area contributed by atoms with Crippen LogP contribution < -0.4 is 15.8 Å². The number of hydrogen-bond donors (Lipinski definition) is 2. The fourth-order valence-corrected chi connectivity index (χ4v) is 1.39. The summed E-state index contributed by atoms with van der Waals surface area (Å²) in [7, 11) is 0. The fourth-order valence-electron chi connectivity index (χ4n) is 1.39. The lowest BCUT2D eigenvalue weighted by Crippen LogP contribution is -2.36. The first-order valence-electron chi connectivity index (χ1n) is 5.50. The van der Waals surface area contributed by atoms with Gasteiger partial charge in [-0.15, -0.1) is 13.2 Å². The standard InChI is InChI=1S/C12H15F3N2O2/c1-11(2,16)7-10(18)17-8-5-3-4-6-9(8)19-12(13,14)15/h3-6H,7,16H2,1-2H3,(H,17,18). The average Bonchev–Trinajstić information content (AvgIpc) is 2.15. The molecule has 0 fully saturated rings. The minimum atomic E-state index is -4.81. The molecule has 0 saturated heterocycles. The molecule has 1 rings (SSSR count). The van der Waals surface area contributed by atoms with Crippen LogP contribution in [0.15, 0.2) is 24.3 Å². The predicted molar refractivity (Wildman–Crippen MR) is 64.6 cm³/mol. The molecular formula is C12H15F3N2O2. The fraction of sp³-hybridized carbons (Fsp3) is 0.417. The summed E-state index contributed by atoms with van der Waals surface area (Å²) in [4.78, 5) is 11.6. The molecule has 1 amide bonds. The number of halogens is 3. The molecule has 3 N–H and O–H groups in total. The number of anilines is 1. The number of para-hydroxylation sites is 2. The van der Waals surface area contributed by atoms with E-state index in [9.17, 15) is 18.0 Å². The second kappa shape index (κ2) is 5.48. The van der Waals surface area contributed by atoms with E-state index in [1.807, 2.05) is 0 Å². The normalized spacial score (nSPS) is 12.1. The Morgan fingerprint density at radius 2 is 1.89 bits per heavy atom. The van der Waals surface area contributed by atoms with Crippen LogP contribution in [0.1, 0.15) is 20.3 Å². The van der Waals surface area contributed by atoms with Crippen molar-refractivity contribution in [3.05, 3.63) is 24.3 Å². The molecule has 0 aromatic heterocycles. The van der Waals surface area contributed by atoms with E-state index in [1.54, 1.807) is 13.8 Å². The molecule has 0 heterocycles. The van der Waals surface area contributed by atoms with Crippen molar-refractivity contribution in [3.63, 3.8) is 0 Å². The van der Waals surface area contributed by atoms with Crippen LogP contribution in [0.3, 0.4) is 0 Å².